The van der Waals surface area contributed by atoms with Gasteiger partial charge in [0.2, 0.25) is 0 Å². The van der Waals surface area contributed by atoms with Gasteiger partial charge in [0.05, 0.1) is 11.6 Å². The van der Waals surface area contributed by atoms with Crippen molar-refractivity contribution in [3.8, 4) is 11.8 Å². The number of nitrogens with two attached hydrogens (primary N) is 1. The predicted molar refractivity (Wildman–Crippen MR) is 57.0 cm³/mol. The number of nitriles is 1. The van der Waals surface area contributed by atoms with Gasteiger partial charge in [-0.15, -0.1) is 0 Å². The van der Waals surface area contributed by atoms with Crippen molar-refractivity contribution in [3.05, 3.63) is 29.1 Å². The van der Waals surface area contributed by atoms with Gasteiger partial charge < -0.3 is 10.8 Å². The van der Waals surface area contributed by atoms with Crippen LogP contribution in [0.1, 0.15) is 36.4 Å². The average Bonchev–Trinajstić information content (AvgIpc) is 2.19. The summed E-state index contributed by atoms with van der Waals surface area (Å²) in [6.07, 6.45) is 3.06. The molecule has 1 aromatic carbocycles. The van der Waals surface area contributed by atoms with Crippen LogP contribution < -0.4 is 5.73 Å². The van der Waals surface area contributed by atoms with Crippen LogP contribution in [0.2, 0.25) is 0 Å². The van der Waals surface area contributed by atoms with Gasteiger partial charge in [-0.05, 0) is 30.9 Å². The molecular weight excluding hydrogens is 207 g/mol. The first-order chi connectivity index (χ1) is 7.65. The largest absolute Gasteiger partial charge is 0.505 e. The summed E-state index contributed by atoms with van der Waals surface area (Å²) in [5.74, 6) is -0.943. The SMILES string of the molecule is N#Cc1ccc(F)c(O)c1[C@@H](N)C1CCC1. The Kier molecular flexibility index (Phi) is 2.80. The Morgan fingerprint density at radius 1 is 1.50 bits per heavy atom. The van der Waals surface area contributed by atoms with Crippen molar-refractivity contribution in [1.29, 1.82) is 5.26 Å². The van der Waals surface area contributed by atoms with E-state index in [0.29, 0.717) is 0 Å². The zero-order valence-corrected chi connectivity index (χ0v) is 8.78. The van der Waals surface area contributed by atoms with Crippen molar-refractivity contribution in [2.75, 3.05) is 0 Å². The highest BCUT2D eigenvalue weighted by molar-refractivity contribution is 5.48. The second-order valence-electron chi connectivity index (χ2n) is 4.19. The van der Waals surface area contributed by atoms with Crippen LogP contribution in [-0.2, 0) is 0 Å². The number of nitrogens with zero attached hydrogens (tertiary/aromatic N) is 1. The fraction of sp³-hybridized carbons (Fsp3) is 0.417. The topological polar surface area (TPSA) is 70.0 Å². The molecule has 0 spiro atoms. The fourth-order valence-electron chi connectivity index (χ4n) is 2.05. The quantitative estimate of drug-likeness (QED) is 0.802. The first-order valence-electron chi connectivity index (χ1n) is 5.32. The number of hydrogen-bond acceptors (Lipinski definition) is 3. The standard InChI is InChI=1S/C12H13FN2O/c13-9-5-4-8(6-14)10(12(9)16)11(15)7-2-1-3-7/h4-5,7,11,16H,1-3,15H2/t11-/m0/s1. The average molecular weight is 220 g/mol. The molecule has 1 aliphatic carbocycles. The van der Waals surface area contributed by atoms with Gasteiger partial charge in [0, 0.05) is 11.6 Å². The van der Waals surface area contributed by atoms with E-state index >= 15 is 0 Å². The molecule has 1 aliphatic rings. The molecule has 0 radical (unpaired) electrons. The van der Waals surface area contributed by atoms with Crippen molar-refractivity contribution >= 4 is 0 Å². The minimum Gasteiger partial charge on any atom is -0.505 e. The van der Waals surface area contributed by atoms with Crippen LogP contribution in [0.3, 0.4) is 0 Å². The molecule has 0 aliphatic heterocycles. The number of phenols is 1. The molecule has 1 saturated carbocycles. The van der Waals surface area contributed by atoms with Crippen LogP contribution in [0, 0.1) is 23.1 Å². The van der Waals surface area contributed by atoms with E-state index in [0.717, 1.165) is 25.3 Å². The lowest BCUT2D eigenvalue weighted by atomic mass is 9.76. The maximum atomic E-state index is 13.2. The molecule has 84 valence electrons. The van der Waals surface area contributed by atoms with Crippen LogP contribution in [-0.4, -0.2) is 5.11 Å². The third-order valence-corrected chi connectivity index (χ3v) is 3.28. The van der Waals surface area contributed by atoms with Crippen molar-refractivity contribution in [3.63, 3.8) is 0 Å². The molecule has 1 atom stereocenters. The van der Waals surface area contributed by atoms with Gasteiger partial charge in [0.25, 0.3) is 0 Å². The summed E-state index contributed by atoms with van der Waals surface area (Å²) in [4.78, 5) is 0. The summed E-state index contributed by atoms with van der Waals surface area (Å²) in [7, 11) is 0. The number of hydrogen-bond donors (Lipinski definition) is 2. The van der Waals surface area contributed by atoms with Crippen LogP contribution >= 0.6 is 0 Å². The summed E-state index contributed by atoms with van der Waals surface area (Å²) in [6.45, 7) is 0. The van der Waals surface area contributed by atoms with Crippen LogP contribution in [0.4, 0.5) is 4.39 Å². The molecular formula is C12H13FN2O. The van der Waals surface area contributed by atoms with Gasteiger partial charge in [-0.3, -0.25) is 0 Å². The third kappa shape index (κ3) is 1.63. The second kappa shape index (κ2) is 4.11. The third-order valence-electron chi connectivity index (χ3n) is 3.28. The van der Waals surface area contributed by atoms with Gasteiger partial charge >= 0.3 is 0 Å². The maximum absolute atomic E-state index is 13.2. The molecule has 1 aromatic rings. The Hall–Kier alpha value is -1.60. The molecule has 16 heavy (non-hydrogen) atoms. The lowest BCUT2D eigenvalue weighted by molar-refractivity contribution is 0.259. The van der Waals surface area contributed by atoms with Crippen molar-refractivity contribution < 1.29 is 9.50 Å². The molecule has 1 fully saturated rings. The monoisotopic (exact) mass is 220 g/mol. The molecule has 0 aromatic heterocycles. The van der Waals surface area contributed by atoms with Crippen molar-refractivity contribution in [1.82, 2.24) is 0 Å². The number of phenolic OH excluding ortho intramolecular Hbond substituents is 1. The number of aromatic hydroxyl groups is 1. The molecule has 0 saturated heterocycles. The highest BCUT2D eigenvalue weighted by atomic mass is 19.1. The van der Waals surface area contributed by atoms with E-state index in [-0.39, 0.29) is 17.0 Å². The lowest BCUT2D eigenvalue weighted by Gasteiger charge is -2.32. The van der Waals surface area contributed by atoms with E-state index in [1.807, 2.05) is 6.07 Å². The lowest BCUT2D eigenvalue weighted by Crippen LogP contribution is -2.27. The van der Waals surface area contributed by atoms with Gasteiger partial charge in [0.15, 0.2) is 11.6 Å². The van der Waals surface area contributed by atoms with Gasteiger partial charge in [0.1, 0.15) is 0 Å². The molecule has 3 N–H and O–H groups in total. The molecule has 0 unspecified atom stereocenters. The Bertz CT molecular complexity index is 449. The number of halogens is 1. The molecule has 2 rings (SSSR count). The van der Waals surface area contributed by atoms with E-state index in [1.54, 1.807) is 0 Å². The van der Waals surface area contributed by atoms with E-state index in [9.17, 15) is 9.50 Å². The molecule has 0 bridgehead atoms. The minimum absolute atomic E-state index is 0.250. The molecule has 4 heteroatoms. The maximum Gasteiger partial charge on any atom is 0.165 e. The second-order valence-corrected chi connectivity index (χ2v) is 4.19. The zero-order chi connectivity index (χ0) is 11.7. The molecule has 0 amide bonds. The Morgan fingerprint density at radius 3 is 2.69 bits per heavy atom. The zero-order valence-electron chi connectivity index (χ0n) is 8.78. The summed E-state index contributed by atoms with van der Waals surface area (Å²) >= 11 is 0. The minimum atomic E-state index is -0.719. The summed E-state index contributed by atoms with van der Waals surface area (Å²) < 4.78 is 13.2. The van der Waals surface area contributed by atoms with Crippen molar-refractivity contribution in [2.45, 2.75) is 25.3 Å². The van der Waals surface area contributed by atoms with E-state index < -0.39 is 17.6 Å². The smallest absolute Gasteiger partial charge is 0.165 e. The van der Waals surface area contributed by atoms with E-state index in [2.05, 4.69) is 0 Å². The van der Waals surface area contributed by atoms with E-state index in [1.165, 1.54) is 6.07 Å². The van der Waals surface area contributed by atoms with Gasteiger partial charge in [-0.25, -0.2) is 4.39 Å². The number of benzene rings is 1. The summed E-state index contributed by atoms with van der Waals surface area (Å²) in [5, 5.41) is 18.6. The van der Waals surface area contributed by atoms with Crippen LogP contribution in [0.25, 0.3) is 0 Å². The molecule has 3 nitrogen and oxygen atoms in total. The summed E-state index contributed by atoms with van der Waals surface area (Å²) in [6, 6.07) is 3.95. The molecule has 0 heterocycles. The fourth-order valence-corrected chi connectivity index (χ4v) is 2.05. The first-order valence-corrected chi connectivity index (χ1v) is 5.32. The van der Waals surface area contributed by atoms with Crippen LogP contribution in [0.15, 0.2) is 12.1 Å². The normalized spacial score (nSPS) is 17.6. The highest BCUT2D eigenvalue weighted by Crippen LogP contribution is 2.40. The highest BCUT2D eigenvalue weighted by Gasteiger charge is 2.30. The predicted octanol–water partition coefficient (Wildman–Crippen LogP) is 2.20. The van der Waals surface area contributed by atoms with E-state index in [4.69, 9.17) is 11.0 Å². The Morgan fingerprint density at radius 2 is 2.19 bits per heavy atom. The van der Waals surface area contributed by atoms with Crippen LogP contribution in [0.5, 0.6) is 5.75 Å². The Labute approximate surface area is 93.3 Å². The van der Waals surface area contributed by atoms with Gasteiger partial charge in [-0.2, -0.15) is 5.26 Å². The van der Waals surface area contributed by atoms with Gasteiger partial charge in [-0.1, -0.05) is 6.42 Å². The summed E-state index contributed by atoms with van der Waals surface area (Å²) in [5.41, 5.74) is 6.49. The van der Waals surface area contributed by atoms with Crippen molar-refractivity contribution in [2.24, 2.45) is 11.7 Å². The first kappa shape index (κ1) is 10.9. The number of rotatable bonds is 2. The Balaban J connectivity index is 2.44.